The Kier molecular flexibility index (Phi) is 4.20. The van der Waals surface area contributed by atoms with Crippen LogP contribution >= 0.6 is 0 Å². The fraction of sp³-hybridized carbons (Fsp3) is 1.00. The van der Waals surface area contributed by atoms with Crippen molar-refractivity contribution >= 4 is 22.9 Å². The van der Waals surface area contributed by atoms with Gasteiger partial charge in [-0.05, 0) is 0 Å². The van der Waals surface area contributed by atoms with E-state index < -0.39 is 0 Å². The Morgan fingerprint density at radius 2 is 1.35 bits per heavy atom. The van der Waals surface area contributed by atoms with Crippen LogP contribution in [-0.2, 0) is 4.65 Å². The van der Waals surface area contributed by atoms with Crippen LogP contribution in [-0.4, -0.2) is 29.0 Å². The predicted molar refractivity (Wildman–Crippen MR) is 73.8 cm³/mol. The zero-order valence-electron chi connectivity index (χ0n) is 10.8. The number of hydrogen-bond donors (Lipinski definition) is 0. The first-order valence-corrected chi connectivity index (χ1v) is 8.65. The molecule has 1 nitrogen and oxygen atoms in total. The van der Waals surface area contributed by atoms with Gasteiger partial charge in [0.25, 0.3) is 0 Å². The molecule has 3 aliphatic rings. The molecule has 2 unspecified atom stereocenters. The van der Waals surface area contributed by atoms with Gasteiger partial charge in [-0.1, -0.05) is 0 Å². The van der Waals surface area contributed by atoms with Gasteiger partial charge in [-0.3, -0.25) is 0 Å². The van der Waals surface area contributed by atoms with Crippen molar-refractivity contribution in [3.05, 3.63) is 0 Å². The van der Waals surface area contributed by atoms with Gasteiger partial charge in [0.05, 0.1) is 0 Å². The van der Waals surface area contributed by atoms with E-state index in [-0.39, 0.29) is 0 Å². The molecular weight excluding hydrogens is 274 g/mol. The van der Waals surface area contributed by atoms with Crippen molar-refractivity contribution in [1.29, 1.82) is 0 Å². The normalized spacial score (nSPS) is 42.5. The van der Waals surface area contributed by atoms with Gasteiger partial charge in [0.2, 0.25) is 0 Å². The van der Waals surface area contributed by atoms with Gasteiger partial charge >= 0.3 is 114 Å². The van der Waals surface area contributed by atoms with Gasteiger partial charge in [-0.15, -0.1) is 0 Å². The summed E-state index contributed by atoms with van der Waals surface area (Å²) in [5.41, 5.74) is 0. The molecule has 3 rings (SSSR count). The fourth-order valence-electron chi connectivity index (χ4n) is 4.26. The molecule has 3 heteroatoms. The Labute approximate surface area is 114 Å². The molecule has 1 aliphatic carbocycles. The molecule has 0 aromatic rings. The number of fused-ring (bicyclic) bond motifs is 2. The van der Waals surface area contributed by atoms with E-state index in [2.05, 4.69) is 16.0 Å². The molecule has 3 fully saturated rings. The Bertz CT molecular complexity index is 239. The summed E-state index contributed by atoms with van der Waals surface area (Å²) >= 11 is 3.36. The van der Waals surface area contributed by atoms with Crippen LogP contribution in [0.2, 0.25) is 16.5 Å². The van der Waals surface area contributed by atoms with Crippen LogP contribution in [0.25, 0.3) is 0 Å². The average Bonchev–Trinajstić information content (AvgIpc) is 2.32. The second kappa shape index (κ2) is 5.67. The molecule has 17 heavy (non-hydrogen) atoms. The third-order valence-electron chi connectivity index (χ3n) is 5.20. The van der Waals surface area contributed by atoms with Crippen LogP contribution in [0.4, 0.5) is 0 Å². The summed E-state index contributed by atoms with van der Waals surface area (Å²) in [6, 6.07) is 0. The zero-order valence-corrected chi connectivity index (χ0v) is 12.5. The quantitative estimate of drug-likeness (QED) is 0.700. The number of rotatable bonds is 2. The van der Waals surface area contributed by atoms with Gasteiger partial charge in [0.15, 0.2) is 0 Å². The maximum atomic E-state index is 6.58. The minimum absolute atomic E-state index is 0.537. The van der Waals surface area contributed by atoms with E-state index >= 15 is 0 Å². The molecule has 0 aromatic carbocycles. The number of hydrogen-bond acceptors (Lipinski definition) is 1. The van der Waals surface area contributed by atoms with Crippen LogP contribution in [0.15, 0.2) is 0 Å². The average molecular weight is 298 g/mol. The molecular formula is C14H24BOSe. The third-order valence-corrected chi connectivity index (χ3v) is 6.33. The monoisotopic (exact) mass is 299 g/mol. The van der Waals surface area contributed by atoms with Crippen LogP contribution in [0.1, 0.15) is 64.2 Å². The van der Waals surface area contributed by atoms with E-state index in [0.29, 0.717) is 17.8 Å². The first kappa shape index (κ1) is 12.6. The van der Waals surface area contributed by atoms with Gasteiger partial charge in [-0.2, -0.15) is 0 Å². The second-order valence-corrected chi connectivity index (χ2v) is 7.61. The molecule has 1 radical (unpaired) electrons. The van der Waals surface area contributed by atoms with Crippen molar-refractivity contribution in [3.8, 4) is 0 Å². The topological polar surface area (TPSA) is 9.23 Å². The van der Waals surface area contributed by atoms with Gasteiger partial charge in [0, 0.05) is 0 Å². The Balaban J connectivity index is 1.62. The van der Waals surface area contributed by atoms with Crippen LogP contribution < -0.4 is 0 Å². The van der Waals surface area contributed by atoms with Gasteiger partial charge in [-0.25, -0.2) is 0 Å². The molecule has 1 saturated carbocycles. The zero-order chi connectivity index (χ0) is 11.7. The van der Waals surface area contributed by atoms with Crippen molar-refractivity contribution in [2.75, 3.05) is 0 Å². The maximum absolute atomic E-state index is 6.58. The van der Waals surface area contributed by atoms with Crippen molar-refractivity contribution in [2.24, 2.45) is 0 Å². The molecule has 0 N–H and O–H groups in total. The second-order valence-electron chi connectivity index (χ2n) is 6.34. The molecule has 0 aromatic heterocycles. The van der Waals surface area contributed by atoms with E-state index in [1.54, 1.807) is 0 Å². The van der Waals surface area contributed by atoms with Crippen molar-refractivity contribution in [1.82, 2.24) is 0 Å². The van der Waals surface area contributed by atoms with Crippen molar-refractivity contribution in [2.45, 2.75) is 86.8 Å². The molecule has 0 amide bonds. The molecule has 2 heterocycles. The fourth-order valence-corrected chi connectivity index (χ4v) is 5.03. The van der Waals surface area contributed by atoms with Crippen molar-refractivity contribution < 1.29 is 4.65 Å². The summed E-state index contributed by atoms with van der Waals surface area (Å²) in [6.45, 7) is 0.622. The summed E-state index contributed by atoms with van der Waals surface area (Å²) in [6.07, 6.45) is 14.6. The van der Waals surface area contributed by atoms with Crippen molar-refractivity contribution in [3.63, 3.8) is 0 Å². The minimum atomic E-state index is 0.537. The Morgan fingerprint density at radius 1 is 0.765 bits per heavy atom. The van der Waals surface area contributed by atoms with E-state index in [4.69, 9.17) is 4.65 Å². The molecule has 2 saturated heterocycles. The summed E-state index contributed by atoms with van der Waals surface area (Å²) in [5.74, 6) is 1.80. The molecule has 0 spiro atoms. The first-order chi connectivity index (χ1) is 8.34. The van der Waals surface area contributed by atoms with Gasteiger partial charge < -0.3 is 0 Å². The molecule has 2 atom stereocenters. The van der Waals surface area contributed by atoms with E-state index in [0.717, 1.165) is 11.6 Å². The Hall–Kier alpha value is 0.544. The summed E-state index contributed by atoms with van der Waals surface area (Å²) < 4.78 is 6.58. The van der Waals surface area contributed by atoms with Crippen LogP contribution in [0, 0.1) is 0 Å². The van der Waals surface area contributed by atoms with E-state index in [1.165, 1.54) is 64.2 Å². The van der Waals surface area contributed by atoms with Gasteiger partial charge in [0.1, 0.15) is 0 Å². The SMILES string of the molecule is [Se]C1CCCCC1OB1C2CCCC1CCC2. The van der Waals surface area contributed by atoms with E-state index in [1.807, 2.05) is 0 Å². The van der Waals surface area contributed by atoms with Crippen LogP contribution in [0.3, 0.4) is 0 Å². The third kappa shape index (κ3) is 2.77. The summed E-state index contributed by atoms with van der Waals surface area (Å²) in [7, 11) is 0. The molecule has 2 aliphatic heterocycles. The molecule has 95 valence electrons. The van der Waals surface area contributed by atoms with Crippen LogP contribution in [0.5, 0.6) is 0 Å². The summed E-state index contributed by atoms with van der Waals surface area (Å²) in [4.78, 5) is 0.686. The Morgan fingerprint density at radius 3 is 1.94 bits per heavy atom. The summed E-state index contributed by atoms with van der Waals surface area (Å²) in [5, 5.41) is 0. The predicted octanol–water partition coefficient (Wildman–Crippen LogP) is 4.00. The van der Waals surface area contributed by atoms with E-state index in [9.17, 15) is 0 Å². The standard InChI is InChI=1S/C14H24BOSe/c17-14-10-2-1-9-13(14)16-15-11-5-3-6-12(15)8-4-7-11/h11-14H,1-10H2. The first-order valence-electron chi connectivity index (χ1n) is 7.66. The molecule has 2 bridgehead atoms.